The first-order chi connectivity index (χ1) is 15.1. The third kappa shape index (κ3) is 4.56. The van der Waals surface area contributed by atoms with Crippen molar-refractivity contribution in [1.29, 1.82) is 0 Å². The first-order valence-corrected chi connectivity index (χ1v) is 11.0. The monoisotopic (exact) mass is 409 g/mol. The van der Waals surface area contributed by atoms with E-state index in [1.165, 1.54) is 5.57 Å². The van der Waals surface area contributed by atoms with Crippen molar-refractivity contribution in [3.8, 4) is 0 Å². The Balaban J connectivity index is 1.55. The van der Waals surface area contributed by atoms with E-state index in [9.17, 15) is 9.59 Å². The standard InChI is InChI=1S/C28H27NO2/c1-3-4-8-21-11-16-24-27(19(2)29-28(24)26(31)18-21)23-14-12-22(13-15-23)25(30)17-20-9-6-5-7-10-20/h5-7,9-10,12-16,18H,3-4,8,11,17H2,1-2H3. The Kier molecular flexibility index (Phi) is 6.22. The second-order valence-electron chi connectivity index (χ2n) is 8.18. The molecule has 0 saturated heterocycles. The molecule has 3 heteroatoms. The van der Waals surface area contributed by atoms with Gasteiger partial charge >= 0.3 is 0 Å². The van der Waals surface area contributed by atoms with Gasteiger partial charge in [-0.1, -0.05) is 79.6 Å². The summed E-state index contributed by atoms with van der Waals surface area (Å²) < 4.78 is 0. The van der Waals surface area contributed by atoms with Crippen LogP contribution in [0.5, 0.6) is 0 Å². The largest absolute Gasteiger partial charge is 0.294 e. The molecule has 0 N–H and O–H groups in total. The van der Waals surface area contributed by atoms with Gasteiger partial charge in [0.1, 0.15) is 5.71 Å². The van der Waals surface area contributed by atoms with Crippen LogP contribution in [0.1, 0.15) is 61.0 Å². The van der Waals surface area contributed by atoms with E-state index in [0.29, 0.717) is 17.7 Å². The highest BCUT2D eigenvalue weighted by atomic mass is 16.1. The van der Waals surface area contributed by atoms with Crippen LogP contribution in [0.2, 0.25) is 0 Å². The zero-order valence-corrected chi connectivity index (χ0v) is 18.2. The average Bonchev–Trinajstić information content (AvgIpc) is 3.04. The van der Waals surface area contributed by atoms with E-state index in [1.54, 1.807) is 6.08 Å². The second-order valence-corrected chi connectivity index (χ2v) is 8.18. The van der Waals surface area contributed by atoms with Gasteiger partial charge in [0, 0.05) is 28.8 Å². The van der Waals surface area contributed by atoms with E-state index >= 15 is 0 Å². The number of unbranched alkanes of at least 4 members (excludes halogenated alkanes) is 1. The lowest BCUT2D eigenvalue weighted by Gasteiger charge is -2.09. The van der Waals surface area contributed by atoms with Crippen LogP contribution in [0.25, 0.3) is 5.57 Å². The van der Waals surface area contributed by atoms with Crippen LogP contribution >= 0.6 is 0 Å². The molecule has 0 radical (unpaired) electrons. The van der Waals surface area contributed by atoms with E-state index in [4.69, 9.17) is 0 Å². The molecule has 0 atom stereocenters. The van der Waals surface area contributed by atoms with E-state index < -0.39 is 0 Å². The molecule has 1 heterocycles. The lowest BCUT2D eigenvalue weighted by Crippen LogP contribution is -2.11. The van der Waals surface area contributed by atoms with E-state index in [0.717, 1.165) is 53.7 Å². The van der Waals surface area contributed by atoms with Crippen molar-refractivity contribution in [3.63, 3.8) is 0 Å². The predicted octanol–water partition coefficient (Wildman–Crippen LogP) is 6.31. The van der Waals surface area contributed by atoms with E-state index in [-0.39, 0.29) is 11.6 Å². The Labute approximate surface area is 183 Å². The number of ketones is 2. The number of nitrogens with zero attached hydrogens (tertiary/aromatic N) is 1. The molecule has 0 spiro atoms. The number of fused-ring (bicyclic) bond motifs is 1. The van der Waals surface area contributed by atoms with Crippen LogP contribution in [0.4, 0.5) is 0 Å². The van der Waals surface area contributed by atoms with Gasteiger partial charge in [-0.2, -0.15) is 0 Å². The number of benzene rings is 2. The van der Waals surface area contributed by atoms with Gasteiger partial charge in [0.15, 0.2) is 5.78 Å². The lowest BCUT2D eigenvalue weighted by atomic mass is 9.92. The highest BCUT2D eigenvalue weighted by molar-refractivity contribution is 6.54. The number of Topliss-reactive ketones (excluding diaryl/α,β-unsaturated/α-hetero) is 1. The Morgan fingerprint density at radius 2 is 1.77 bits per heavy atom. The zero-order chi connectivity index (χ0) is 21.8. The highest BCUT2D eigenvalue weighted by Crippen LogP contribution is 2.36. The molecule has 1 aliphatic carbocycles. The average molecular weight is 410 g/mol. The molecule has 2 aromatic carbocycles. The van der Waals surface area contributed by atoms with E-state index in [2.05, 4.69) is 18.0 Å². The van der Waals surface area contributed by atoms with Crippen LogP contribution < -0.4 is 0 Å². The third-order valence-corrected chi connectivity index (χ3v) is 5.86. The number of hydrogen-bond acceptors (Lipinski definition) is 3. The minimum Gasteiger partial charge on any atom is -0.294 e. The molecule has 1 aliphatic heterocycles. The van der Waals surface area contributed by atoms with Crippen molar-refractivity contribution >= 4 is 22.9 Å². The SMILES string of the molecule is CCCCC1=CC(=O)C2=NC(C)=C(c3ccc(C(=O)Cc4ccccc4)cc3)C2=CC1. The molecule has 0 amide bonds. The van der Waals surface area contributed by atoms with Crippen molar-refractivity contribution in [1.82, 2.24) is 0 Å². The normalized spacial score (nSPS) is 15.8. The number of carbonyl (C=O) groups excluding carboxylic acids is 2. The molecule has 0 bridgehead atoms. The summed E-state index contributed by atoms with van der Waals surface area (Å²) in [6.45, 7) is 4.11. The Bertz CT molecular complexity index is 1130. The molecule has 0 aromatic heterocycles. The van der Waals surface area contributed by atoms with Gasteiger partial charge < -0.3 is 0 Å². The molecule has 3 nitrogen and oxygen atoms in total. The topological polar surface area (TPSA) is 46.5 Å². The molecule has 156 valence electrons. The van der Waals surface area contributed by atoms with Gasteiger partial charge in [-0.05, 0) is 43.4 Å². The van der Waals surface area contributed by atoms with Gasteiger partial charge in [0.2, 0.25) is 5.78 Å². The molecule has 31 heavy (non-hydrogen) atoms. The summed E-state index contributed by atoms with van der Waals surface area (Å²) in [6.07, 6.45) is 8.25. The Hall–Kier alpha value is -3.33. The first-order valence-electron chi connectivity index (χ1n) is 11.0. The third-order valence-electron chi connectivity index (χ3n) is 5.86. The van der Waals surface area contributed by atoms with Crippen molar-refractivity contribution in [3.05, 3.63) is 100 Å². The minimum absolute atomic E-state index is 0.00105. The fourth-order valence-electron chi connectivity index (χ4n) is 4.18. The summed E-state index contributed by atoms with van der Waals surface area (Å²) in [5.41, 5.74) is 7.19. The molecular weight excluding hydrogens is 382 g/mol. The number of carbonyl (C=O) groups is 2. The predicted molar refractivity (Wildman–Crippen MR) is 126 cm³/mol. The summed E-state index contributed by atoms with van der Waals surface area (Å²) in [4.78, 5) is 30.0. The number of hydrogen-bond donors (Lipinski definition) is 0. The summed E-state index contributed by atoms with van der Waals surface area (Å²) in [5, 5.41) is 0. The van der Waals surface area contributed by atoms with Crippen LogP contribution in [-0.2, 0) is 11.2 Å². The van der Waals surface area contributed by atoms with E-state index in [1.807, 2.05) is 61.5 Å². The number of aliphatic imine (C=N–C) groups is 1. The molecule has 0 unspecified atom stereocenters. The molecule has 0 saturated carbocycles. The Morgan fingerprint density at radius 1 is 1.03 bits per heavy atom. The van der Waals surface area contributed by atoms with Crippen LogP contribution in [0.3, 0.4) is 0 Å². The van der Waals surface area contributed by atoms with Crippen molar-refractivity contribution < 1.29 is 9.59 Å². The molecule has 2 aromatic rings. The highest BCUT2D eigenvalue weighted by Gasteiger charge is 2.28. The van der Waals surface area contributed by atoms with Gasteiger partial charge in [0.05, 0.1) is 0 Å². The molecule has 2 aliphatic rings. The van der Waals surface area contributed by atoms with Gasteiger partial charge in [-0.25, -0.2) is 4.99 Å². The number of allylic oxidation sites excluding steroid dienone is 6. The van der Waals surface area contributed by atoms with Crippen LogP contribution in [0.15, 0.2) is 88.6 Å². The smallest absolute Gasteiger partial charge is 0.204 e. The minimum atomic E-state index is -0.00105. The summed E-state index contributed by atoms with van der Waals surface area (Å²) >= 11 is 0. The van der Waals surface area contributed by atoms with Crippen molar-refractivity contribution in [2.45, 2.75) is 46.0 Å². The van der Waals surface area contributed by atoms with Crippen molar-refractivity contribution in [2.24, 2.45) is 4.99 Å². The zero-order valence-electron chi connectivity index (χ0n) is 18.2. The fraction of sp³-hybridized carbons (Fsp3) is 0.250. The van der Waals surface area contributed by atoms with Crippen LogP contribution in [-0.4, -0.2) is 17.3 Å². The fourth-order valence-corrected chi connectivity index (χ4v) is 4.18. The van der Waals surface area contributed by atoms with Gasteiger partial charge in [-0.3, -0.25) is 9.59 Å². The lowest BCUT2D eigenvalue weighted by molar-refractivity contribution is -0.108. The molecule has 0 fully saturated rings. The number of rotatable bonds is 7. The summed E-state index contributed by atoms with van der Waals surface area (Å²) in [6, 6.07) is 17.5. The quantitative estimate of drug-likeness (QED) is 0.503. The van der Waals surface area contributed by atoms with Gasteiger partial charge in [0.25, 0.3) is 0 Å². The second kappa shape index (κ2) is 9.22. The summed E-state index contributed by atoms with van der Waals surface area (Å²) in [5.74, 6) is 0.0966. The maximum absolute atomic E-state index is 12.8. The summed E-state index contributed by atoms with van der Waals surface area (Å²) in [7, 11) is 0. The van der Waals surface area contributed by atoms with Crippen LogP contribution in [0, 0.1) is 0 Å². The molecule has 4 rings (SSSR count). The Morgan fingerprint density at radius 3 is 2.48 bits per heavy atom. The molecular formula is C28H27NO2. The maximum Gasteiger partial charge on any atom is 0.204 e. The maximum atomic E-state index is 12.8. The van der Waals surface area contributed by atoms with Crippen molar-refractivity contribution in [2.75, 3.05) is 0 Å². The first kappa shape index (κ1) is 20.9. The van der Waals surface area contributed by atoms with Gasteiger partial charge in [-0.15, -0.1) is 0 Å².